The summed E-state index contributed by atoms with van der Waals surface area (Å²) in [6.07, 6.45) is -0.312. The Morgan fingerprint density at radius 2 is 1.21 bits per heavy atom. The van der Waals surface area contributed by atoms with Gasteiger partial charge in [-0.15, -0.1) is 11.3 Å². The molecular formula is C27H15F5PS+. The average Bonchev–Trinajstić information content (AvgIpc) is 3.39. The van der Waals surface area contributed by atoms with Gasteiger partial charge in [0, 0.05) is 15.6 Å². The molecule has 5 aromatic rings. The summed E-state index contributed by atoms with van der Waals surface area (Å²) >= 11 is 1.59. The van der Waals surface area contributed by atoms with Gasteiger partial charge in [-0.3, -0.25) is 0 Å². The van der Waals surface area contributed by atoms with Crippen LogP contribution in [0.4, 0.5) is 22.0 Å². The number of halogens is 5. The second kappa shape index (κ2) is 7.72. The highest BCUT2D eigenvalue weighted by atomic mass is 32.1. The van der Waals surface area contributed by atoms with E-state index in [1.54, 1.807) is 11.3 Å². The zero-order valence-electron chi connectivity index (χ0n) is 17.5. The Balaban J connectivity index is 1.76. The topological polar surface area (TPSA) is 0 Å². The summed E-state index contributed by atoms with van der Waals surface area (Å²) in [6, 6.07) is 24.7. The van der Waals surface area contributed by atoms with Crippen LogP contribution in [0.3, 0.4) is 0 Å². The number of rotatable bonds is 3. The molecule has 0 saturated carbocycles. The Labute approximate surface area is 196 Å². The van der Waals surface area contributed by atoms with Gasteiger partial charge in [0.2, 0.25) is 5.82 Å². The van der Waals surface area contributed by atoms with E-state index in [1.807, 2.05) is 78.9 Å². The lowest BCUT2D eigenvalue weighted by Crippen LogP contribution is -2.30. The van der Waals surface area contributed by atoms with Crippen LogP contribution < -0.4 is 15.9 Å². The second-order valence-electron chi connectivity index (χ2n) is 8.14. The molecule has 34 heavy (non-hydrogen) atoms. The van der Waals surface area contributed by atoms with Crippen molar-refractivity contribution >= 4 is 44.6 Å². The van der Waals surface area contributed by atoms with Gasteiger partial charge in [-0.05, 0) is 36.4 Å². The van der Waals surface area contributed by atoms with E-state index in [4.69, 9.17) is 0 Å². The zero-order chi connectivity index (χ0) is 23.6. The molecule has 0 radical (unpaired) electrons. The smallest absolute Gasteiger partial charge is 0.200 e. The predicted molar refractivity (Wildman–Crippen MR) is 129 cm³/mol. The molecule has 0 fully saturated rings. The van der Waals surface area contributed by atoms with E-state index in [0.29, 0.717) is 0 Å². The van der Waals surface area contributed by atoms with E-state index in [-0.39, 0.29) is 6.16 Å². The Hall–Kier alpha value is -3.08. The van der Waals surface area contributed by atoms with Crippen molar-refractivity contribution in [2.45, 2.75) is 6.16 Å². The molecule has 0 amide bonds. The van der Waals surface area contributed by atoms with Gasteiger partial charge in [-0.2, -0.15) is 0 Å². The third-order valence-corrected chi connectivity index (χ3v) is 12.2. The van der Waals surface area contributed by atoms with Gasteiger partial charge in [0.25, 0.3) is 0 Å². The lowest BCUT2D eigenvalue weighted by Gasteiger charge is -2.25. The van der Waals surface area contributed by atoms with Crippen molar-refractivity contribution in [1.29, 1.82) is 0 Å². The standard InChI is InChI=1S/C27H15F5PS/c28-21-18(22(29)24(31)25(32)23(21)30)14-33(15-8-2-1-3-9-15)19-12-6-4-10-16(19)27-26(33)17-11-5-7-13-20(17)34-27/h1-13H,14H2/q+1. The number of fused-ring (bicyclic) bond motifs is 5. The van der Waals surface area contributed by atoms with E-state index < -0.39 is 41.9 Å². The first kappa shape index (κ1) is 21.5. The fourth-order valence-electron chi connectivity index (χ4n) is 4.94. The normalized spacial score (nSPS) is 16.6. The molecule has 1 unspecified atom stereocenters. The lowest BCUT2D eigenvalue weighted by atomic mass is 10.2. The molecule has 1 aromatic heterocycles. The van der Waals surface area contributed by atoms with Crippen LogP contribution in [0.5, 0.6) is 0 Å². The Kier molecular flexibility index (Phi) is 4.87. The highest BCUT2D eigenvalue weighted by Gasteiger charge is 2.56. The molecule has 1 aliphatic heterocycles. The molecule has 6 rings (SSSR count). The van der Waals surface area contributed by atoms with Crippen molar-refractivity contribution in [1.82, 2.24) is 0 Å². The van der Waals surface area contributed by atoms with Crippen LogP contribution in [0, 0.1) is 29.1 Å². The first-order chi connectivity index (χ1) is 16.4. The summed E-state index contributed by atoms with van der Waals surface area (Å²) in [7, 11) is -2.83. The lowest BCUT2D eigenvalue weighted by molar-refractivity contribution is 0.372. The van der Waals surface area contributed by atoms with Crippen LogP contribution in [-0.4, -0.2) is 0 Å². The third-order valence-electron chi connectivity index (χ3n) is 6.40. The Morgan fingerprint density at radius 1 is 0.618 bits per heavy atom. The highest BCUT2D eigenvalue weighted by Crippen LogP contribution is 2.67. The molecule has 4 aromatic carbocycles. The molecule has 0 aliphatic carbocycles. The van der Waals surface area contributed by atoms with Crippen molar-refractivity contribution in [2.75, 3.05) is 0 Å². The van der Waals surface area contributed by atoms with Crippen LogP contribution in [0.25, 0.3) is 20.5 Å². The summed E-state index contributed by atoms with van der Waals surface area (Å²) in [4.78, 5) is 0.984. The van der Waals surface area contributed by atoms with Gasteiger partial charge in [-0.25, -0.2) is 22.0 Å². The van der Waals surface area contributed by atoms with Crippen LogP contribution in [0.2, 0.25) is 0 Å². The van der Waals surface area contributed by atoms with Crippen molar-refractivity contribution in [3.8, 4) is 10.4 Å². The van der Waals surface area contributed by atoms with Crippen molar-refractivity contribution < 1.29 is 22.0 Å². The number of hydrogen-bond acceptors (Lipinski definition) is 1. The maximum Gasteiger partial charge on any atom is 0.200 e. The van der Waals surface area contributed by atoms with Crippen molar-refractivity contribution in [3.63, 3.8) is 0 Å². The second-order valence-corrected chi connectivity index (χ2v) is 12.6. The monoisotopic (exact) mass is 497 g/mol. The minimum absolute atomic E-state index is 0.312. The number of thiophene rings is 1. The van der Waals surface area contributed by atoms with E-state index in [9.17, 15) is 13.2 Å². The summed E-state index contributed by atoms with van der Waals surface area (Å²) in [6.45, 7) is 0. The zero-order valence-corrected chi connectivity index (χ0v) is 19.2. The first-order valence-corrected chi connectivity index (χ1v) is 13.3. The molecule has 1 aliphatic rings. The molecule has 0 spiro atoms. The van der Waals surface area contributed by atoms with Crippen LogP contribution in [-0.2, 0) is 6.16 Å². The largest absolute Gasteiger partial charge is 0.203 e. The Bertz CT molecular complexity index is 1570. The minimum atomic E-state index is -2.83. The van der Waals surface area contributed by atoms with Crippen molar-refractivity contribution in [3.05, 3.63) is 114 Å². The van der Waals surface area contributed by atoms with E-state index in [2.05, 4.69) is 0 Å². The molecule has 0 nitrogen and oxygen atoms in total. The van der Waals surface area contributed by atoms with Gasteiger partial charge in [0.05, 0.1) is 10.4 Å². The van der Waals surface area contributed by atoms with Gasteiger partial charge in [0.15, 0.2) is 23.3 Å². The maximum absolute atomic E-state index is 15.0. The summed E-state index contributed by atoms with van der Waals surface area (Å²) < 4.78 is 73.4. The highest BCUT2D eigenvalue weighted by molar-refractivity contribution is 7.96. The number of benzene rings is 4. The quantitative estimate of drug-likeness (QED) is 0.108. The van der Waals surface area contributed by atoms with E-state index in [0.717, 1.165) is 36.4 Å². The van der Waals surface area contributed by atoms with Crippen LogP contribution in [0.15, 0.2) is 78.9 Å². The van der Waals surface area contributed by atoms with Gasteiger partial charge < -0.3 is 0 Å². The molecule has 2 heterocycles. The molecular weight excluding hydrogens is 482 g/mol. The molecule has 0 N–H and O–H groups in total. The first-order valence-electron chi connectivity index (χ1n) is 10.5. The molecule has 0 saturated heterocycles. The van der Waals surface area contributed by atoms with Crippen molar-refractivity contribution in [2.24, 2.45) is 0 Å². The predicted octanol–water partition coefficient (Wildman–Crippen LogP) is 7.07. The molecule has 0 bridgehead atoms. The van der Waals surface area contributed by atoms with Crippen LogP contribution >= 0.6 is 18.6 Å². The van der Waals surface area contributed by atoms with Gasteiger partial charge in [-0.1, -0.05) is 42.5 Å². The van der Waals surface area contributed by atoms with E-state index in [1.165, 1.54) is 0 Å². The van der Waals surface area contributed by atoms with Crippen LogP contribution in [0.1, 0.15) is 5.56 Å². The van der Waals surface area contributed by atoms with E-state index >= 15 is 8.78 Å². The Morgan fingerprint density at radius 3 is 1.94 bits per heavy atom. The molecule has 1 atom stereocenters. The fraction of sp³-hybridized carbons (Fsp3) is 0.0370. The fourth-order valence-corrected chi connectivity index (χ4v) is 11.6. The molecule has 7 heteroatoms. The summed E-state index contributed by atoms with van der Waals surface area (Å²) in [5, 5.41) is 3.59. The summed E-state index contributed by atoms with van der Waals surface area (Å²) in [5.41, 5.74) is 0.172. The average molecular weight is 497 g/mol. The molecule has 168 valence electrons. The minimum Gasteiger partial charge on any atom is -0.203 e. The third kappa shape index (κ3) is 2.79. The van der Waals surface area contributed by atoms with Gasteiger partial charge in [0.1, 0.15) is 29.3 Å². The summed E-state index contributed by atoms with van der Waals surface area (Å²) in [5.74, 6) is -9.50. The maximum atomic E-state index is 15.0. The number of hydrogen-bond donors (Lipinski definition) is 0. The SMILES string of the molecule is Fc1c(F)c(F)c(C[P+]2(c3ccccc3)c3ccccc3-c3sc4ccccc4c32)c(F)c1F. The van der Waals surface area contributed by atoms with Gasteiger partial charge >= 0.3 is 0 Å².